The van der Waals surface area contributed by atoms with E-state index in [4.69, 9.17) is 25.8 Å². The molecule has 10 nitrogen and oxygen atoms in total. The molecule has 0 bridgehead atoms. The molecule has 0 aliphatic carbocycles. The summed E-state index contributed by atoms with van der Waals surface area (Å²) in [6, 6.07) is 22.9. The van der Waals surface area contributed by atoms with E-state index in [9.17, 15) is 25.4 Å². The summed E-state index contributed by atoms with van der Waals surface area (Å²) in [4.78, 5) is 28.9. The fourth-order valence-corrected chi connectivity index (χ4v) is 6.78. The summed E-state index contributed by atoms with van der Waals surface area (Å²) in [5.74, 6) is 1.35. The lowest BCUT2D eigenvalue weighted by Crippen LogP contribution is -2.42. The van der Waals surface area contributed by atoms with Crippen LogP contribution in [0.15, 0.2) is 77.9 Å². The van der Waals surface area contributed by atoms with Gasteiger partial charge in [0, 0.05) is 68.0 Å². The first-order valence-electron chi connectivity index (χ1n) is 17.7. The molecule has 2 saturated heterocycles. The number of likely N-dealkylation sites (tertiary alicyclic amines) is 2. The summed E-state index contributed by atoms with van der Waals surface area (Å²) in [5, 5.41) is 29.2. The molecule has 0 radical (unpaired) electrons. The topological polar surface area (TPSA) is 140 Å². The number of hydrogen-bond acceptors (Lipinski definition) is 8. The number of allylic oxidation sites excluding steroid dienone is 2. The van der Waals surface area contributed by atoms with Gasteiger partial charge in [0.2, 0.25) is 0 Å². The maximum atomic E-state index is 12.9. The van der Waals surface area contributed by atoms with Gasteiger partial charge in [0.1, 0.15) is 52.7 Å². The molecule has 3 aromatic rings. The van der Waals surface area contributed by atoms with E-state index < -0.39 is 0 Å². The average Bonchev–Trinajstić information content (AvgIpc) is 3.17. The molecule has 2 fully saturated rings. The number of halogens is 1. The third kappa shape index (κ3) is 9.38. The van der Waals surface area contributed by atoms with Crippen LogP contribution in [-0.2, 0) is 9.59 Å². The molecule has 0 spiro atoms. The van der Waals surface area contributed by atoms with Gasteiger partial charge in [0.25, 0.3) is 11.8 Å². The lowest BCUT2D eigenvalue weighted by molar-refractivity contribution is -0.129. The lowest BCUT2D eigenvalue weighted by Gasteiger charge is -2.32. The van der Waals surface area contributed by atoms with E-state index in [-0.39, 0.29) is 41.1 Å². The van der Waals surface area contributed by atoms with Crippen molar-refractivity contribution in [3.05, 3.63) is 88.5 Å². The molecule has 0 unspecified atom stereocenters. The second-order valence-corrected chi connectivity index (χ2v) is 13.8. The minimum absolute atomic E-state index is 0.0950. The molecule has 2 aliphatic heterocycles. The first kappa shape index (κ1) is 38.5. The third-order valence-corrected chi connectivity index (χ3v) is 9.58. The van der Waals surface area contributed by atoms with Crippen LogP contribution in [0.1, 0.15) is 52.0 Å². The summed E-state index contributed by atoms with van der Waals surface area (Å²) >= 11 is 6.47. The molecule has 2 heterocycles. The molecular weight excluding hydrogens is 690 g/mol. The first-order valence-corrected chi connectivity index (χ1v) is 18.1. The highest BCUT2D eigenvalue weighted by Gasteiger charge is 2.28. The number of amides is 2. The van der Waals surface area contributed by atoms with E-state index >= 15 is 0 Å². The summed E-state index contributed by atoms with van der Waals surface area (Å²) in [5.41, 5.74) is 3.84. The largest absolute Gasteiger partial charge is 0.496 e. The second-order valence-electron chi connectivity index (χ2n) is 13.4. The smallest absolute Gasteiger partial charge is 0.264 e. The molecule has 11 heteroatoms. The molecular formula is C42H42ClN5O5. The fraction of sp³-hybridized carbons (Fsp3) is 0.357. The molecule has 0 aromatic heterocycles. The number of carbonyl (C=O) groups is 2. The quantitative estimate of drug-likeness (QED) is 0.152. The van der Waals surface area contributed by atoms with Crippen molar-refractivity contribution >= 4 is 23.4 Å². The van der Waals surface area contributed by atoms with Crippen LogP contribution in [0.25, 0.3) is 22.3 Å². The Morgan fingerprint density at radius 1 is 0.774 bits per heavy atom. The molecule has 2 aliphatic rings. The van der Waals surface area contributed by atoms with E-state index in [1.54, 1.807) is 48.1 Å². The van der Waals surface area contributed by atoms with Gasteiger partial charge in [-0.3, -0.25) is 9.59 Å². The SMILES string of the molecule is C/C=C(\C#N)C(=O)N1CCC(Oc2ccc(Cl)cc2-c2ccc(-c3cc(C#N)cc(OC4CCN(C(=O)/C(C#N)=C/C(C)C)CC4)c3)c(OC)c2)CC1. The van der Waals surface area contributed by atoms with Crippen LogP contribution in [0.5, 0.6) is 17.2 Å². The number of hydrogen-bond donors (Lipinski definition) is 0. The Morgan fingerprint density at radius 2 is 1.40 bits per heavy atom. The van der Waals surface area contributed by atoms with Crippen molar-refractivity contribution in [2.75, 3.05) is 33.3 Å². The van der Waals surface area contributed by atoms with Crippen LogP contribution in [0, 0.1) is 39.9 Å². The highest BCUT2D eigenvalue weighted by molar-refractivity contribution is 6.31. The Morgan fingerprint density at radius 3 is 1.96 bits per heavy atom. The monoisotopic (exact) mass is 731 g/mol. The number of nitrogens with zero attached hydrogens (tertiary/aromatic N) is 5. The molecule has 5 rings (SSSR count). The van der Waals surface area contributed by atoms with Gasteiger partial charge in [0.05, 0.1) is 18.7 Å². The van der Waals surface area contributed by atoms with E-state index in [1.807, 2.05) is 62.4 Å². The van der Waals surface area contributed by atoms with E-state index in [1.165, 1.54) is 6.08 Å². The van der Waals surface area contributed by atoms with Crippen molar-refractivity contribution in [1.29, 1.82) is 15.8 Å². The lowest BCUT2D eigenvalue weighted by atomic mass is 9.97. The number of carbonyl (C=O) groups excluding carboxylic acids is 2. The molecule has 272 valence electrons. The zero-order valence-corrected chi connectivity index (χ0v) is 31.2. The molecule has 3 aromatic carbocycles. The maximum absolute atomic E-state index is 12.9. The zero-order chi connectivity index (χ0) is 38.1. The predicted octanol–water partition coefficient (Wildman–Crippen LogP) is 7.87. The van der Waals surface area contributed by atoms with Crippen LogP contribution in [-0.4, -0.2) is 67.1 Å². The summed E-state index contributed by atoms with van der Waals surface area (Å²) < 4.78 is 18.7. The fourth-order valence-electron chi connectivity index (χ4n) is 6.61. The minimum atomic E-state index is -0.258. The number of ether oxygens (including phenoxy) is 3. The molecule has 53 heavy (non-hydrogen) atoms. The molecule has 0 N–H and O–H groups in total. The third-order valence-electron chi connectivity index (χ3n) is 9.35. The predicted molar refractivity (Wildman–Crippen MR) is 202 cm³/mol. The molecule has 0 atom stereocenters. The minimum Gasteiger partial charge on any atom is -0.496 e. The van der Waals surface area contributed by atoms with Gasteiger partial charge in [-0.05, 0) is 66.4 Å². The van der Waals surface area contributed by atoms with Crippen molar-refractivity contribution < 1.29 is 23.8 Å². The molecule has 0 saturated carbocycles. The van der Waals surface area contributed by atoms with E-state index in [2.05, 4.69) is 6.07 Å². The van der Waals surface area contributed by atoms with Crippen molar-refractivity contribution in [1.82, 2.24) is 9.80 Å². The second kappa shape index (κ2) is 17.6. The highest BCUT2D eigenvalue weighted by atomic mass is 35.5. The number of methoxy groups -OCH3 is 1. The summed E-state index contributed by atoms with van der Waals surface area (Å²) in [6.45, 7) is 7.45. The van der Waals surface area contributed by atoms with Crippen molar-refractivity contribution in [2.45, 2.75) is 58.7 Å². The van der Waals surface area contributed by atoms with Gasteiger partial charge >= 0.3 is 0 Å². The van der Waals surface area contributed by atoms with Crippen LogP contribution >= 0.6 is 11.6 Å². The Bertz CT molecular complexity index is 2040. The van der Waals surface area contributed by atoms with Crippen LogP contribution < -0.4 is 14.2 Å². The van der Waals surface area contributed by atoms with Gasteiger partial charge in [-0.25, -0.2) is 0 Å². The Labute approximate surface area is 316 Å². The normalized spacial score (nSPS) is 15.7. The van der Waals surface area contributed by atoms with Crippen LogP contribution in [0.3, 0.4) is 0 Å². The zero-order valence-electron chi connectivity index (χ0n) is 30.4. The van der Waals surface area contributed by atoms with Gasteiger partial charge in [-0.2, -0.15) is 15.8 Å². The van der Waals surface area contributed by atoms with Gasteiger partial charge in [-0.1, -0.05) is 49.7 Å². The number of rotatable bonds is 10. The maximum Gasteiger partial charge on any atom is 0.264 e. The summed E-state index contributed by atoms with van der Waals surface area (Å²) in [6.07, 6.45) is 5.36. The van der Waals surface area contributed by atoms with Crippen molar-refractivity contribution in [2.24, 2.45) is 5.92 Å². The Hall–Kier alpha value is -5.76. The Balaban J connectivity index is 1.32. The number of benzene rings is 3. The van der Waals surface area contributed by atoms with Crippen LogP contribution in [0.2, 0.25) is 5.02 Å². The average molecular weight is 732 g/mol. The summed E-state index contributed by atoms with van der Waals surface area (Å²) in [7, 11) is 1.59. The van der Waals surface area contributed by atoms with Gasteiger partial charge in [-0.15, -0.1) is 0 Å². The van der Waals surface area contributed by atoms with Gasteiger partial charge < -0.3 is 24.0 Å². The standard InChI is InChI=1S/C42H42ClN5O5/c1-5-29(25-45)41(49)47-16-12-35(13-17-47)53-39-9-7-33(43)23-38(39)30-6-8-37(40(22-30)51-4)31-19-28(24-44)20-36(21-31)52-34-10-14-48(15-11-34)42(50)32(26-46)18-27(2)3/h5-9,18-23,27,34-35H,10-17H2,1-4H3/b29-5+,32-18+. The van der Waals surface area contributed by atoms with Gasteiger partial charge in [0.15, 0.2) is 0 Å². The van der Waals surface area contributed by atoms with Crippen molar-refractivity contribution in [3.8, 4) is 57.7 Å². The van der Waals surface area contributed by atoms with Crippen LogP contribution in [0.4, 0.5) is 0 Å². The van der Waals surface area contributed by atoms with E-state index in [0.717, 1.165) is 22.3 Å². The molecule has 2 amide bonds. The number of piperidine rings is 2. The number of nitriles is 3. The van der Waals surface area contributed by atoms with Crippen molar-refractivity contribution in [3.63, 3.8) is 0 Å². The van der Waals surface area contributed by atoms with E-state index in [0.29, 0.717) is 79.7 Å². The Kier molecular flexibility index (Phi) is 12.8. The highest BCUT2D eigenvalue weighted by Crippen LogP contribution is 2.40. The first-order chi connectivity index (χ1) is 25.6.